The van der Waals surface area contributed by atoms with Crippen LogP contribution in [0.1, 0.15) is 74.1 Å². The van der Waals surface area contributed by atoms with Gasteiger partial charge in [0.25, 0.3) is 0 Å². The number of fused-ring (bicyclic) bond motifs is 2. The summed E-state index contributed by atoms with van der Waals surface area (Å²) >= 11 is 0. The molecule has 0 bridgehead atoms. The average molecular weight is 480 g/mol. The molecular weight excluding hydrogens is 445 g/mol. The number of rotatable bonds is 7. The fourth-order valence-corrected chi connectivity index (χ4v) is 5.50. The fraction of sp³-hybridized carbons (Fsp3) is 0.483. The third kappa shape index (κ3) is 5.08. The van der Waals surface area contributed by atoms with E-state index in [0.29, 0.717) is 35.8 Å². The van der Waals surface area contributed by atoms with Gasteiger partial charge < -0.3 is 18.8 Å². The third-order valence-corrected chi connectivity index (χ3v) is 7.20. The number of hydrogen-bond donors (Lipinski definition) is 0. The summed E-state index contributed by atoms with van der Waals surface area (Å²) in [6.45, 7) is 9.63. The number of ketones is 1. The van der Waals surface area contributed by atoms with Gasteiger partial charge in [-0.3, -0.25) is 4.79 Å². The fourth-order valence-electron chi connectivity index (χ4n) is 5.50. The minimum absolute atomic E-state index is 0.118. The summed E-state index contributed by atoms with van der Waals surface area (Å²) in [5, 5.41) is 1.06. The normalized spacial score (nSPS) is 18.5. The molecule has 0 unspecified atom stereocenters. The lowest BCUT2D eigenvalue weighted by atomic mass is 9.87. The maximum atomic E-state index is 13.7. The van der Waals surface area contributed by atoms with Crippen LogP contribution in [0.2, 0.25) is 0 Å². The molecule has 0 spiro atoms. The van der Waals surface area contributed by atoms with Gasteiger partial charge in [0.15, 0.2) is 5.78 Å². The first kappa shape index (κ1) is 23.9. The largest absolute Gasteiger partial charge is 0.493 e. The molecule has 1 fully saturated rings. The van der Waals surface area contributed by atoms with Crippen molar-refractivity contribution in [2.45, 2.75) is 64.4 Å². The molecule has 5 nitrogen and oxygen atoms in total. The van der Waals surface area contributed by atoms with Crippen molar-refractivity contribution in [3.63, 3.8) is 0 Å². The topological polar surface area (TPSA) is 51.9 Å². The first-order valence-corrected chi connectivity index (χ1v) is 12.8. The molecule has 2 aliphatic heterocycles. The summed E-state index contributed by atoms with van der Waals surface area (Å²) in [5.41, 5.74) is 2.10. The van der Waals surface area contributed by atoms with E-state index in [1.807, 2.05) is 38.1 Å². The molecule has 2 aromatic carbocycles. The summed E-state index contributed by atoms with van der Waals surface area (Å²) in [6.07, 6.45) is 4.30. The zero-order chi connectivity index (χ0) is 24.6. The van der Waals surface area contributed by atoms with Crippen molar-refractivity contribution in [3.8, 4) is 11.5 Å². The number of carbonyl (C=O) groups excluding carboxylic acids is 1. The number of ether oxygens (including phenoxy) is 2. The Balaban J connectivity index is 1.12. The van der Waals surface area contributed by atoms with Gasteiger partial charge in [-0.05, 0) is 76.4 Å². The Labute approximate surface area is 206 Å². The molecule has 0 N–H and O–H groups in total. The molecule has 6 heteroatoms. The highest BCUT2D eigenvalue weighted by molar-refractivity contribution is 6.00. The van der Waals surface area contributed by atoms with Crippen LogP contribution < -0.4 is 9.47 Å². The highest BCUT2D eigenvalue weighted by Gasteiger charge is 2.32. The van der Waals surface area contributed by atoms with Gasteiger partial charge in [-0.1, -0.05) is 6.92 Å². The van der Waals surface area contributed by atoms with Crippen LogP contribution in [0, 0.1) is 5.82 Å². The van der Waals surface area contributed by atoms with E-state index in [2.05, 4.69) is 11.8 Å². The number of carbonyl (C=O) groups is 1. The lowest BCUT2D eigenvalue weighted by molar-refractivity contribution is 0.0618. The second-order valence-electron chi connectivity index (χ2n) is 10.4. The number of Topliss-reactive ketones (excluding diaryl/α,β-unsaturated/α-hetero) is 1. The van der Waals surface area contributed by atoms with Crippen LogP contribution in [0.25, 0.3) is 11.0 Å². The standard InChI is InChI=1S/C29H34FNO4/c1-4-25-28(23-8-6-20(30)16-26(23)34-25)19-10-13-31(14-11-19)12-5-15-33-21-7-9-22-24(32)18-29(2,3)35-27(22)17-21/h6-9,16-17,19H,4-5,10-15,18H2,1-3H3. The first-order chi connectivity index (χ1) is 16.8. The number of benzene rings is 2. The number of aryl methyl sites for hydroxylation is 1. The van der Waals surface area contributed by atoms with E-state index >= 15 is 0 Å². The van der Waals surface area contributed by atoms with Crippen molar-refractivity contribution in [2.24, 2.45) is 0 Å². The van der Waals surface area contributed by atoms with Crippen LogP contribution in [0.3, 0.4) is 0 Å². The number of hydrogen-bond acceptors (Lipinski definition) is 5. The Morgan fingerprint density at radius 2 is 1.94 bits per heavy atom. The third-order valence-electron chi connectivity index (χ3n) is 7.20. The molecule has 0 aliphatic carbocycles. The van der Waals surface area contributed by atoms with Crippen molar-refractivity contribution in [1.29, 1.82) is 0 Å². The zero-order valence-electron chi connectivity index (χ0n) is 20.9. The van der Waals surface area contributed by atoms with Crippen LogP contribution in [-0.4, -0.2) is 42.5 Å². The maximum absolute atomic E-state index is 13.7. The highest BCUT2D eigenvalue weighted by Crippen LogP contribution is 2.38. The molecule has 0 atom stereocenters. The Hall–Kier alpha value is -2.86. The second kappa shape index (κ2) is 9.65. The number of piperidine rings is 1. The molecule has 186 valence electrons. The van der Waals surface area contributed by atoms with Crippen molar-refractivity contribution in [2.75, 3.05) is 26.2 Å². The van der Waals surface area contributed by atoms with Crippen LogP contribution in [0.5, 0.6) is 11.5 Å². The summed E-state index contributed by atoms with van der Waals surface area (Å²) in [6, 6.07) is 10.4. The predicted octanol–water partition coefficient (Wildman–Crippen LogP) is 6.53. The van der Waals surface area contributed by atoms with Crippen LogP contribution in [-0.2, 0) is 6.42 Å². The van der Waals surface area contributed by atoms with Gasteiger partial charge in [-0.2, -0.15) is 0 Å². The summed E-state index contributed by atoms with van der Waals surface area (Å²) in [7, 11) is 0. The minimum Gasteiger partial charge on any atom is -0.493 e. The number of likely N-dealkylation sites (tertiary alicyclic amines) is 1. The van der Waals surface area contributed by atoms with E-state index in [0.717, 1.165) is 62.2 Å². The molecule has 35 heavy (non-hydrogen) atoms. The molecule has 5 rings (SSSR count). The quantitative estimate of drug-likeness (QED) is 0.361. The molecule has 0 amide bonds. The van der Waals surface area contributed by atoms with Crippen molar-refractivity contribution in [3.05, 3.63) is 59.1 Å². The van der Waals surface area contributed by atoms with Crippen molar-refractivity contribution >= 4 is 16.8 Å². The van der Waals surface area contributed by atoms with Gasteiger partial charge in [0.2, 0.25) is 0 Å². The van der Waals surface area contributed by atoms with Gasteiger partial charge in [-0.25, -0.2) is 4.39 Å². The van der Waals surface area contributed by atoms with E-state index in [-0.39, 0.29) is 11.6 Å². The number of halogens is 1. The molecule has 1 saturated heterocycles. The van der Waals surface area contributed by atoms with Crippen molar-refractivity contribution < 1.29 is 23.1 Å². The molecular formula is C29H34FNO4. The Morgan fingerprint density at radius 3 is 2.71 bits per heavy atom. The van der Waals surface area contributed by atoms with E-state index < -0.39 is 5.60 Å². The Morgan fingerprint density at radius 1 is 1.14 bits per heavy atom. The molecule has 3 heterocycles. The first-order valence-electron chi connectivity index (χ1n) is 12.8. The molecule has 0 saturated carbocycles. The van der Waals surface area contributed by atoms with Crippen molar-refractivity contribution in [1.82, 2.24) is 4.90 Å². The van der Waals surface area contributed by atoms with Gasteiger partial charge >= 0.3 is 0 Å². The van der Waals surface area contributed by atoms with Crippen LogP contribution >= 0.6 is 0 Å². The Kier molecular flexibility index (Phi) is 6.58. The van der Waals surface area contributed by atoms with E-state index in [4.69, 9.17) is 13.9 Å². The molecule has 0 radical (unpaired) electrons. The summed E-state index contributed by atoms with van der Waals surface area (Å²) in [4.78, 5) is 14.8. The van der Waals surface area contributed by atoms with Gasteiger partial charge in [0, 0.05) is 36.0 Å². The number of furan rings is 1. The van der Waals surface area contributed by atoms with Crippen LogP contribution in [0.4, 0.5) is 4.39 Å². The monoisotopic (exact) mass is 479 g/mol. The Bertz CT molecular complexity index is 1220. The van der Waals surface area contributed by atoms with Gasteiger partial charge in [-0.15, -0.1) is 0 Å². The summed E-state index contributed by atoms with van der Waals surface area (Å²) < 4.78 is 31.6. The smallest absolute Gasteiger partial charge is 0.170 e. The maximum Gasteiger partial charge on any atom is 0.170 e. The van der Waals surface area contributed by atoms with E-state index in [9.17, 15) is 9.18 Å². The van der Waals surface area contributed by atoms with Gasteiger partial charge in [0.05, 0.1) is 18.6 Å². The minimum atomic E-state index is -0.480. The SMILES string of the molecule is CCc1oc2cc(F)ccc2c1C1CCN(CCCOc2ccc3c(c2)OC(C)(C)CC3=O)CC1. The second-order valence-corrected chi connectivity index (χ2v) is 10.4. The van der Waals surface area contributed by atoms with Gasteiger partial charge in [0.1, 0.15) is 34.3 Å². The van der Waals surface area contributed by atoms with E-state index in [1.54, 1.807) is 0 Å². The number of nitrogens with zero attached hydrogens (tertiary/aromatic N) is 1. The van der Waals surface area contributed by atoms with Crippen LogP contribution in [0.15, 0.2) is 40.8 Å². The molecule has 3 aromatic rings. The molecule has 1 aromatic heterocycles. The van der Waals surface area contributed by atoms with E-state index in [1.165, 1.54) is 17.7 Å². The lowest BCUT2D eigenvalue weighted by Crippen LogP contribution is -2.35. The zero-order valence-corrected chi connectivity index (χ0v) is 20.9. The lowest BCUT2D eigenvalue weighted by Gasteiger charge is -2.32. The average Bonchev–Trinajstić information content (AvgIpc) is 3.19. The molecule has 2 aliphatic rings. The summed E-state index contributed by atoms with van der Waals surface area (Å²) in [5.74, 6) is 2.67. The predicted molar refractivity (Wildman–Crippen MR) is 134 cm³/mol. The highest BCUT2D eigenvalue weighted by atomic mass is 19.1.